The first-order chi connectivity index (χ1) is 7.74. The Bertz CT molecular complexity index is 523. The van der Waals surface area contributed by atoms with Crippen molar-refractivity contribution < 1.29 is 14.3 Å². The lowest BCUT2D eigenvalue weighted by atomic mass is 10.0. The number of carbonyl (C=O) groups is 1. The molecule has 0 radical (unpaired) electrons. The lowest BCUT2D eigenvalue weighted by Gasteiger charge is -2.00. The van der Waals surface area contributed by atoms with Crippen LogP contribution in [0.15, 0.2) is 47.6 Å². The average molecular weight is 214 g/mol. The van der Waals surface area contributed by atoms with Gasteiger partial charge in [0.25, 0.3) is 0 Å². The van der Waals surface area contributed by atoms with Crippen molar-refractivity contribution >= 4 is 12.0 Å². The van der Waals surface area contributed by atoms with Crippen molar-refractivity contribution in [1.29, 1.82) is 0 Å². The van der Waals surface area contributed by atoms with Gasteiger partial charge in [-0.2, -0.15) is 0 Å². The monoisotopic (exact) mass is 214 g/mol. The zero-order valence-electron chi connectivity index (χ0n) is 8.51. The van der Waals surface area contributed by atoms with Crippen LogP contribution in [0.3, 0.4) is 0 Å². The van der Waals surface area contributed by atoms with E-state index in [4.69, 9.17) is 9.52 Å². The Labute approximate surface area is 92.6 Å². The second-order valence-electron chi connectivity index (χ2n) is 3.27. The number of rotatable bonds is 3. The van der Waals surface area contributed by atoms with Gasteiger partial charge < -0.3 is 9.52 Å². The fraction of sp³-hybridized carbons (Fsp3) is 0. The maximum Gasteiger partial charge on any atom is 0.372 e. The van der Waals surface area contributed by atoms with Crippen LogP contribution in [-0.4, -0.2) is 11.1 Å². The first-order valence-corrected chi connectivity index (χ1v) is 4.76. The average Bonchev–Trinajstić information content (AvgIpc) is 2.73. The number of hydrogen-bond donors (Lipinski definition) is 1. The molecule has 16 heavy (non-hydrogen) atoms. The predicted molar refractivity (Wildman–Crippen MR) is 61.2 cm³/mol. The smallest absolute Gasteiger partial charge is 0.372 e. The van der Waals surface area contributed by atoms with Gasteiger partial charge in [-0.25, -0.2) is 4.79 Å². The summed E-state index contributed by atoms with van der Waals surface area (Å²) in [6, 6.07) is 9.24. The maximum atomic E-state index is 11.0. The Balaban J connectivity index is 2.66. The Kier molecular flexibility index (Phi) is 2.60. The third kappa shape index (κ3) is 1.63. The predicted octanol–water partition coefficient (Wildman–Crippen LogP) is 3.29. The molecular weight excluding hydrogens is 204 g/mol. The maximum absolute atomic E-state index is 11.0. The fourth-order valence-electron chi connectivity index (χ4n) is 1.58. The number of furan rings is 1. The number of carboxylic acids is 1. The summed E-state index contributed by atoms with van der Waals surface area (Å²) in [5.41, 5.74) is 2.07. The van der Waals surface area contributed by atoms with Gasteiger partial charge in [0.15, 0.2) is 0 Å². The highest BCUT2D eigenvalue weighted by molar-refractivity contribution is 5.95. The molecule has 0 saturated heterocycles. The molecule has 1 N–H and O–H groups in total. The van der Waals surface area contributed by atoms with Crippen molar-refractivity contribution in [3.63, 3.8) is 0 Å². The lowest BCUT2D eigenvalue weighted by Crippen LogP contribution is -1.96. The van der Waals surface area contributed by atoms with E-state index in [2.05, 4.69) is 6.58 Å². The number of benzene rings is 1. The molecular formula is C13H10O3. The van der Waals surface area contributed by atoms with Gasteiger partial charge >= 0.3 is 5.97 Å². The molecule has 80 valence electrons. The summed E-state index contributed by atoms with van der Waals surface area (Å²) in [6.07, 6.45) is 2.98. The second-order valence-corrected chi connectivity index (χ2v) is 3.27. The third-order valence-corrected chi connectivity index (χ3v) is 2.30. The van der Waals surface area contributed by atoms with Crippen molar-refractivity contribution in [2.24, 2.45) is 0 Å². The highest BCUT2D eigenvalue weighted by Gasteiger charge is 2.19. The third-order valence-electron chi connectivity index (χ3n) is 2.30. The van der Waals surface area contributed by atoms with Crippen LogP contribution in [0, 0.1) is 0 Å². The van der Waals surface area contributed by atoms with Gasteiger partial charge in [0, 0.05) is 11.1 Å². The van der Waals surface area contributed by atoms with E-state index in [1.807, 2.05) is 30.3 Å². The van der Waals surface area contributed by atoms with E-state index in [1.54, 1.807) is 6.08 Å². The van der Waals surface area contributed by atoms with Crippen molar-refractivity contribution in [3.8, 4) is 11.1 Å². The molecule has 3 heteroatoms. The van der Waals surface area contributed by atoms with Crippen LogP contribution in [0.25, 0.3) is 17.2 Å². The van der Waals surface area contributed by atoms with Gasteiger partial charge in [0.2, 0.25) is 5.76 Å². The summed E-state index contributed by atoms with van der Waals surface area (Å²) in [4.78, 5) is 11.0. The molecule has 0 spiro atoms. The molecule has 1 aromatic heterocycles. The van der Waals surface area contributed by atoms with E-state index in [-0.39, 0.29) is 5.76 Å². The highest BCUT2D eigenvalue weighted by atomic mass is 16.4. The normalized spacial score (nSPS) is 10.0. The quantitative estimate of drug-likeness (QED) is 0.852. The summed E-state index contributed by atoms with van der Waals surface area (Å²) in [5.74, 6) is -1.13. The van der Waals surface area contributed by atoms with Crippen LogP contribution >= 0.6 is 0 Å². The minimum Gasteiger partial charge on any atom is -0.475 e. The summed E-state index contributed by atoms with van der Waals surface area (Å²) in [7, 11) is 0. The molecule has 0 aliphatic carbocycles. The molecule has 0 amide bonds. The topological polar surface area (TPSA) is 50.4 Å². The van der Waals surface area contributed by atoms with Crippen LogP contribution < -0.4 is 0 Å². The van der Waals surface area contributed by atoms with Crippen molar-refractivity contribution in [2.45, 2.75) is 0 Å². The summed E-state index contributed by atoms with van der Waals surface area (Å²) >= 11 is 0. The van der Waals surface area contributed by atoms with E-state index >= 15 is 0 Å². The van der Waals surface area contributed by atoms with Crippen LogP contribution in [0.1, 0.15) is 16.1 Å². The summed E-state index contributed by atoms with van der Waals surface area (Å²) in [6.45, 7) is 3.64. The van der Waals surface area contributed by atoms with Crippen molar-refractivity contribution in [3.05, 3.63) is 54.5 Å². The van der Waals surface area contributed by atoms with E-state index in [0.29, 0.717) is 11.1 Å². The molecule has 0 bridgehead atoms. The second kappa shape index (κ2) is 4.06. The van der Waals surface area contributed by atoms with E-state index < -0.39 is 5.97 Å². The number of hydrogen-bond acceptors (Lipinski definition) is 2. The Morgan fingerprint density at radius 2 is 2.00 bits per heavy atom. The number of aromatic carboxylic acids is 1. The Morgan fingerprint density at radius 1 is 1.31 bits per heavy atom. The van der Waals surface area contributed by atoms with Gasteiger partial charge in [0.1, 0.15) is 0 Å². The molecule has 1 aromatic carbocycles. The van der Waals surface area contributed by atoms with Crippen LogP contribution in [-0.2, 0) is 0 Å². The lowest BCUT2D eigenvalue weighted by molar-refractivity contribution is 0.0663. The van der Waals surface area contributed by atoms with Crippen molar-refractivity contribution in [2.75, 3.05) is 0 Å². The molecule has 2 rings (SSSR count). The van der Waals surface area contributed by atoms with E-state index in [9.17, 15) is 4.79 Å². The fourth-order valence-corrected chi connectivity index (χ4v) is 1.58. The standard InChI is InChI=1S/C13H10O3/c1-2-9-8-16-12(13(14)15)11(9)10-6-4-3-5-7-10/h2-8H,1H2,(H,14,15). The van der Waals surface area contributed by atoms with Crippen molar-refractivity contribution in [1.82, 2.24) is 0 Å². The molecule has 0 atom stereocenters. The first kappa shape index (κ1) is 10.2. The molecule has 2 aromatic rings. The van der Waals surface area contributed by atoms with Crippen LogP contribution in [0.4, 0.5) is 0 Å². The summed E-state index contributed by atoms with van der Waals surface area (Å²) < 4.78 is 5.03. The van der Waals surface area contributed by atoms with Crippen LogP contribution in [0.2, 0.25) is 0 Å². The Morgan fingerprint density at radius 3 is 2.56 bits per heavy atom. The SMILES string of the molecule is C=Cc1coc(C(=O)O)c1-c1ccccc1. The van der Waals surface area contributed by atoms with Gasteiger partial charge in [0.05, 0.1) is 6.26 Å². The summed E-state index contributed by atoms with van der Waals surface area (Å²) in [5, 5.41) is 9.01. The number of carboxylic acid groups (broad SMARTS) is 1. The zero-order chi connectivity index (χ0) is 11.5. The molecule has 3 nitrogen and oxygen atoms in total. The molecule has 0 aliphatic rings. The largest absolute Gasteiger partial charge is 0.475 e. The van der Waals surface area contributed by atoms with Gasteiger partial charge in [-0.15, -0.1) is 0 Å². The van der Waals surface area contributed by atoms with Gasteiger partial charge in [-0.1, -0.05) is 43.0 Å². The molecule has 0 aliphatic heterocycles. The minimum atomic E-state index is -1.08. The van der Waals surface area contributed by atoms with E-state index in [0.717, 1.165) is 5.56 Å². The van der Waals surface area contributed by atoms with E-state index in [1.165, 1.54) is 6.26 Å². The zero-order valence-corrected chi connectivity index (χ0v) is 8.51. The van der Waals surface area contributed by atoms with Gasteiger partial charge in [-0.3, -0.25) is 0 Å². The first-order valence-electron chi connectivity index (χ1n) is 4.76. The molecule has 0 unspecified atom stereocenters. The molecule has 0 saturated carbocycles. The molecule has 0 fully saturated rings. The van der Waals surface area contributed by atoms with Crippen LogP contribution in [0.5, 0.6) is 0 Å². The highest BCUT2D eigenvalue weighted by Crippen LogP contribution is 2.30. The minimum absolute atomic E-state index is 0.0545. The Hall–Kier alpha value is -2.29. The van der Waals surface area contributed by atoms with Gasteiger partial charge in [-0.05, 0) is 5.56 Å². The molecule has 1 heterocycles.